The molecule has 2 nitrogen and oxygen atoms in total. The first-order valence-corrected chi connectivity index (χ1v) is 7.26. The van der Waals surface area contributed by atoms with Crippen molar-refractivity contribution < 1.29 is 9.84 Å². The van der Waals surface area contributed by atoms with Crippen molar-refractivity contribution >= 4 is 5.57 Å². The van der Waals surface area contributed by atoms with Crippen LogP contribution in [0, 0.1) is 0 Å². The van der Waals surface area contributed by atoms with Crippen LogP contribution in [-0.2, 0) is 10.8 Å². The molecule has 1 aromatic carbocycles. The van der Waals surface area contributed by atoms with E-state index in [0.29, 0.717) is 0 Å². The highest BCUT2D eigenvalue weighted by molar-refractivity contribution is 5.69. The summed E-state index contributed by atoms with van der Waals surface area (Å²) in [7, 11) is 0. The van der Waals surface area contributed by atoms with Crippen LogP contribution in [0.15, 0.2) is 18.2 Å². The fourth-order valence-corrected chi connectivity index (χ4v) is 2.66. The molecule has 110 valence electrons. The number of ether oxygens (including phenoxy) is 1. The number of hydrogen-bond donors (Lipinski definition) is 1. The highest BCUT2D eigenvalue weighted by atomic mass is 16.5. The maximum Gasteiger partial charge on any atom is 0.126 e. The largest absolute Gasteiger partial charge is 0.492 e. The number of benzene rings is 1. The highest BCUT2D eigenvalue weighted by Crippen LogP contribution is 2.46. The Labute approximate surface area is 122 Å². The molecular formula is C18H26O2. The van der Waals surface area contributed by atoms with Crippen molar-refractivity contribution in [2.75, 3.05) is 13.2 Å². The van der Waals surface area contributed by atoms with Gasteiger partial charge in [-0.3, -0.25) is 0 Å². The van der Waals surface area contributed by atoms with E-state index in [0.717, 1.165) is 17.9 Å². The van der Waals surface area contributed by atoms with Crippen molar-refractivity contribution in [1.29, 1.82) is 0 Å². The van der Waals surface area contributed by atoms with Gasteiger partial charge in [0.2, 0.25) is 0 Å². The minimum absolute atomic E-state index is 0.0417. The molecule has 1 aliphatic heterocycles. The number of allylic oxidation sites excluding steroid dienone is 1. The first-order valence-electron chi connectivity index (χ1n) is 7.26. The predicted octanol–water partition coefficient (Wildman–Crippen LogP) is 4.05. The third kappa shape index (κ3) is 2.62. The predicted molar refractivity (Wildman–Crippen MR) is 84.4 cm³/mol. The molecule has 0 bridgehead atoms. The SMILES string of the molecule is CC(=CCO)c1cc(C(C)(C)C)c2c(c1)C(C)(C)CO2. The van der Waals surface area contributed by atoms with E-state index in [2.05, 4.69) is 46.8 Å². The van der Waals surface area contributed by atoms with Crippen molar-refractivity contribution in [3.05, 3.63) is 34.9 Å². The topological polar surface area (TPSA) is 29.5 Å². The summed E-state index contributed by atoms with van der Waals surface area (Å²) in [5.74, 6) is 1.06. The van der Waals surface area contributed by atoms with Gasteiger partial charge in [0.1, 0.15) is 5.75 Å². The summed E-state index contributed by atoms with van der Waals surface area (Å²) in [6.45, 7) is 13.9. The molecule has 0 atom stereocenters. The zero-order valence-corrected chi connectivity index (χ0v) is 13.5. The molecule has 0 saturated heterocycles. The average molecular weight is 274 g/mol. The molecule has 20 heavy (non-hydrogen) atoms. The highest BCUT2D eigenvalue weighted by Gasteiger charge is 2.36. The molecule has 0 radical (unpaired) electrons. The van der Waals surface area contributed by atoms with E-state index < -0.39 is 0 Å². The Morgan fingerprint density at radius 3 is 2.55 bits per heavy atom. The summed E-state index contributed by atoms with van der Waals surface area (Å²) in [5.41, 5.74) is 4.92. The van der Waals surface area contributed by atoms with Crippen LogP contribution in [0.4, 0.5) is 0 Å². The van der Waals surface area contributed by atoms with Gasteiger partial charge in [-0.1, -0.05) is 40.7 Å². The van der Waals surface area contributed by atoms with Gasteiger partial charge in [0.05, 0.1) is 13.2 Å². The fraction of sp³-hybridized carbons (Fsp3) is 0.556. The Hall–Kier alpha value is -1.28. The van der Waals surface area contributed by atoms with Crippen molar-refractivity contribution in [2.24, 2.45) is 0 Å². The van der Waals surface area contributed by atoms with Crippen LogP contribution in [0.5, 0.6) is 5.75 Å². The standard InChI is InChI=1S/C18H26O2/c1-12(7-8-19)13-9-14(17(2,3)4)16-15(10-13)18(5,6)11-20-16/h7,9-10,19H,8,11H2,1-6H3. The molecule has 1 heterocycles. The molecule has 1 N–H and O–H groups in total. The summed E-state index contributed by atoms with van der Waals surface area (Å²) < 4.78 is 6.00. The smallest absolute Gasteiger partial charge is 0.126 e. The van der Waals surface area contributed by atoms with E-state index in [1.165, 1.54) is 16.7 Å². The first kappa shape index (κ1) is 15.1. The van der Waals surface area contributed by atoms with Gasteiger partial charge in [-0.2, -0.15) is 0 Å². The van der Waals surface area contributed by atoms with Gasteiger partial charge in [0.25, 0.3) is 0 Å². The van der Waals surface area contributed by atoms with Crippen molar-refractivity contribution in [3.63, 3.8) is 0 Å². The minimum Gasteiger partial charge on any atom is -0.492 e. The number of fused-ring (bicyclic) bond motifs is 1. The van der Waals surface area contributed by atoms with Crippen molar-refractivity contribution in [1.82, 2.24) is 0 Å². The van der Waals surface area contributed by atoms with Gasteiger partial charge >= 0.3 is 0 Å². The van der Waals surface area contributed by atoms with Gasteiger partial charge in [-0.25, -0.2) is 0 Å². The van der Waals surface area contributed by atoms with Gasteiger partial charge in [-0.05, 0) is 35.6 Å². The van der Waals surface area contributed by atoms with Gasteiger partial charge in [-0.15, -0.1) is 0 Å². The quantitative estimate of drug-likeness (QED) is 0.881. The lowest BCUT2D eigenvalue weighted by molar-refractivity contribution is 0.286. The third-order valence-corrected chi connectivity index (χ3v) is 4.06. The maximum atomic E-state index is 9.12. The van der Waals surface area contributed by atoms with Crippen LogP contribution in [-0.4, -0.2) is 18.3 Å². The zero-order chi connectivity index (χ0) is 15.1. The van der Waals surface area contributed by atoms with Gasteiger partial charge in [0.15, 0.2) is 0 Å². The van der Waals surface area contributed by atoms with Gasteiger partial charge in [0, 0.05) is 16.5 Å². The Morgan fingerprint density at radius 2 is 2.00 bits per heavy atom. The lowest BCUT2D eigenvalue weighted by Gasteiger charge is -2.24. The fourth-order valence-electron chi connectivity index (χ4n) is 2.66. The second kappa shape index (κ2) is 4.92. The molecule has 0 spiro atoms. The van der Waals surface area contributed by atoms with Crippen LogP contribution in [0.1, 0.15) is 58.2 Å². The van der Waals surface area contributed by atoms with Crippen LogP contribution in [0.2, 0.25) is 0 Å². The Bertz CT molecular complexity index is 545. The molecule has 1 aromatic rings. The van der Waals surface area contributed by atoms with Crippen LogP contribution < -0.4 is 4.74 Å². The normalized spacial score (nSPS) is 17.9. The summed E-state index contributed by atoms with van der Waals surface area (Å²) in [5, 5.41) is 9.12. The molecule has 1 aliphatic rings. The molecule has 0 fully saturated rings. The Kier molecular flexibility index (Phi) is 3.72. The molecule has 2 rings (SSSR count). The molecule has 0 amide bonds. The number of aliphatic hydroxyl groups is 1. The number of aliphatic hydroxyl groups excluding tert-OH is 1. The molecule has 2 heteroatoms. The maximum absolute atomic E-state index is 9.12. The molecule has 0 aliphatic carbocycles. The van der Waals surface area contributed by atoms with Crippen molar-refractivity contribution in [2.45, 2.75) is 52.4 Å². The molecule has 0 unspecified atom stereocenters. The van der Waals surface area contributed by atoms with E-state index in [1.54, 1.807) is 0 Å². The van der Waals surface area contributed by atoms with E-state index >= 15 is 0 Å². The van der Waals surface area contributed by atoms with Crippen molar-refractivity contribution in [3.8, 4) is 5.75 Å². The van der Waals surface area contributed by atoms with Crippen LogP contribution in [0.3, 0.4) is 0 Å². The summed E-state index contributed by atoms with van der Waals surface area (Å²) >= 11 is 0. The summed E-state index contributed by atoms with van der Waals surface area (Å²) in [6, 6.07) is 4.43. The Morgan fingerprint density at radius 1 is 1.35 bits per heavy atom. The zero-order valence-electron chi connectivity index (χ0n) is 13.5. The first-order chi connectivity index (χ1) is 9.16. The van der Waals surface area contributed by atoms with E-state index in [-0.39, 0.29) is 17.4 Å². The Balaban J connectivity index is 2.68. The minimum atomic E-state index is 0.0417. The number of rotatable bonds is 2. The second-order valence-electron chi connectivity index (χ2n) is 7.39. The molecular weight excluding hydrogens is 248 g/mol. The summed E-state index contributed by atoms with van der Waals surface area (Å²) in [6.07, 6.45) is 1.86. The van der Waals surface area contributed by atoms with E-state index in [1.807, 2.05) is 13.0 Å². The lowest BCUT2D eigenvalue weighted by Crippen LogP contribution is -2.18. The van der Waals surface area contributed by atoms with Crippen LogP contribution in [0.25, 0.3) is 5.57 Å². The van der Waals surface area contributed by atoms with Crippen LogP contribution >= 0.6 is 0 Å². The lowest BCUT2D eigenvalue weighted by atomic mass is 9.79. The summed E-state index contributed by atoms with van der Waals surface area (Å²) in [4.78, 5) is 0. The van der Waals surface area contributed by atoms with Gasteiger partial charge < -0.3 is 9.84 Å². The van der Waals surface area contributed by atoms with E-state index in [9.17, 15) is 0 Å². The molecule has 0 aromatic heterocycles. The second-order valence-corrected chi connectivity index (χ2v) is 7.39. The average Bonchev–Trinajstić information content (AvgIpc) is 2.63. The molecule has 0 saturated carbocycles. The number of hydrogen-bond acceptors (Lipinski definition) is 2. The monoisotopic (exact) mass is 274 g/mol. The van der Waals surface area contributed by atoms with E-state index in [4.69, 9.17) is 9.84 Å². The third-order valence-electron chi connectivity index (χ3n) is 4.06.